The maximum atomic E-state index is 14.7. The normalized spacial score (nSPS) is 26.5. The van der Waals surface area contributed by atoms with Gasteiger partial charge in [0, 0.05) is 16.9 Å². The summed E-state index contributed by atoms with van der Waals surface area (Å²) in [4.78, 5) is 29.3. The van der Waals surface area contributed by atoms with E-state index in [2.05, 4.69) is 109 Å². The molecule has 3 aromatic carbocycles. The van der Waals surface area contributed by atoms with Gasteiger partial charge in [0.1, 0.15) is 0 Å². The molecule has 0 spiro atoms. The van der Waals surface area contributed by atoms with Crippen LogP contribution in [0.1, 0.15) is 90.9 Å². The highest BCUT2D eigenvalue weighted by Crippen LogP contribution is 2.63. The molecule has 6 rings (SSSR count). The van der Waals surface area contributed by atoms with E-state index < -0.39 is 19.7 Å². The van der Waals surface area contributed by atoms with E-state index in [0.717, 1.165) is 31.3 Å². The van der Waals surface area contributed by atoms with Crippen molar-refractivity contribution in [3.8, 4) is 0 Å². The first-order valence-electron chi connectivity index (χ1n) is 17.6. The number of rotatable bonds is 8. The molecule has 0 bridgehead atoms. The van der Waals surface area contributed by atoms with Gasteiger partial charge >= 0.3 is 0 Å². The van der Waals surface area contributed by atoms with Crippen molar-refractivity contribution in [2.24, 2.45) is 28.6 Å². The summed E-state index contributed by atoms with van der Waals surface area (Å²) in [6, 6.07) is 30.9. The number of ketones is 2. The predicted octanol–water partition coefficient (Wildman–Crippen LogP) is 9.13. The predicted molar refractivity (Wildman–Crippen MR) is 196 cm³/mol. The second kappa shape index (κ2) is 12.6. The third-order valence-corrected chi connectivity index (χ3v) is 17.0. The largest absolute Gasteiger partial charge is 0.403 e. The third-order valence-electron chi connectivity index (χ3n) is 12.0. The van der Waals surface area contributed by atoms with Crippen molar-refractivity contribution in [3.63, 3.8) is 0 Å². The van der Waals surface area contributed by atoms with Gasteiger partial charge in [-0.15, -0.1) is 0 Å². The van der Waals surface area contributed by atoms with Gasteiger partial charge < -0.3 is 4.43 Å². The van der Waals surface area contributed by atoms with Crippen molar-refractivity contribution in [1.29, 1.82) is 0 Å². The van der Waals surface area contributed by atoms with E-state index in [9.17, 15) is 9.59 Å². The Morgan fingerprint density at radius 3 is 1.94 bits per heavy atom. The smallest absolute Gasteiger partial charge is 0.261 e. The molecule has 0 aromatic heterocycles. The Morgan fingerprint density at radius 1 is 0.851 bits per heavy atom. The lowest BCUT2D eigenvalue weighted by molar-refractivity contribution is -0.127. The molecule has 3 nitrogen and oxygen atoms in total. The van der Waals surface area contributed by atoms with E-state index in [1.54, 1.807) is 0 Å². The summed E-state index contributed by atoms with van der Waals surface area (Å²) in [5.41, 5.74) is 4.11. The molecule has 0 heterocycles. The number of hydrogen-bond donors (Lipinski definition) is 0. The Hall–Kier alpha value is -3.34. The van der Waals surface area contributed by atoms with Crippen molar-refractivity contribution in [2.75, 3.05) is 6.61 Å². The lowest BCUT2D eigenvalue weighted by atomic mass is 9.54. The topological polar surface area (TPSA) is 43.4 Å². The first-order chi connectivity index (χ1) is 22.3. The summed E-state index contributed by atoms with van der Waals surface area (Å²) < 4.78 is 7.43. The van der Waals surface area contributed by atoms with Crippen molar-refractivity contribution in [3.05, 3.63) is 119 Å². The van der Waals surface area contributed by atoms with E-state index >= 15 is 0 Å². The second-order valence-corrected chi connectivity index (χ2v) is 20.5. The van der Waals surface area contributed by atoms with Gasteiger partial charge in [-0.1, -0.05) is 151 Å². The summed E-state index contributed by atoms with van der Waals surface area (Å²) in [5, 5.41) is 2.17. The van der Waals surface area contributed by atoms with Gasteiger partial charge in [-0.25, -0.2) is 0 Å². The molecule has 3 aliphatic rings. The van der Waals surface area contributed by atoms with Gasteiger partial charge in [0.2, 0.25) is 0 Å². The standard InChI is InChI=1S/C43H52O3Si/c1-30(2)35-23-24-42(6)25-26-43(7)37(39(35)42)28-36(40(45)31-17-11-8-12-18-31)32(27-38(43)44)29-46-47(41(3,4)5,33-19-13-9-14-20-33)34-21-15-10-16-22-34/h8-22,27,30,36-37H,23-26,28-29H2,1-7H3/t36-,37-,42-,43-/m1/s1. The number of Topliss-reactive ketones (excluding diaryl/α,β-unsaturated/α-hetero) is 1. The van der Waals surface area contributed by atoms with E-state index in [0.29, 0.717) is 17.9 Å². The highest BCUT2D eigenvalue weighted by atomic mass is 28.4. The zero-order valence-corrected chi connectivity index (χ0v) is 30.4. The van der Waals surface area contributed by atoms with Gasteiger partial charge in [-0.3, -0.25) is 9.59 Å². The Bertz CT molecular complexity index is 1640. The summed E-state index contributed by atoms with van der Waals surface area (Å²) in [6.07, 6.45) is 6.62. The zero-order valence-electron chi connectivity index (χ0n) is 29.4. The maximum absolute atomic E-state index is 14.7. The minimum Gasteiger partial charge on any atom is -0.403 e. The molecule has 4 atom stereocenters. The number of hydrogen-bond acceptors (Lipinski definition) is 3. The quantitative estimate of drug-likeness (QED) is 0.140. The minimum absolute atomic E-state index is 0.0351. The molecule has 246 valence electrons. The summed E-state index contributed by atoms with van der Waals surface area (Å²) in [5.74, 6) is 0.290. The fraction of sp³-hybridized carbons (Fsp3) is 0.442. The molecule has 0 radical (unpaired) electrons. The number of allylic oxidation sites excluding steroid dienone is 3. The molecule has 0 saturated heterocycles. The number of benzene rings is 3. The van der Waals surface area contributed by atoms with Crippen LogP contribution in [0.4, 0.5) is 0 Å². The monoisotopic (exact) mass is 644 g/mol. The number of fused-ring (bicyclic) bond motifs is 3. The van der Waals surface area contributed by atoms with Crippen LogP contribution in [0.15, 0.2) is 114 Å². The average molecular weight is 645 g/mol. The van der Waals surface area contributed by atoms with Crippen LogP contribution >= 0.6 is 0 Å². The van der Waals surface area contributed by atoms with Crippen LogP contribution in [0.2, 0.25) is 5.04 Å². The van der Waals surface area contributed by atoms with Gasteiger partial charge in [0.05, 0.1) is 6.61 Å². The van der Waals surface area contributed by atoms with Crippen molar-refractivity contribution >= 4 is 30.3 Å². The second-order valence-electron chi connectivity index (χ2n) is 16.2. The van der Waals surface area contributed by atoms with Crippen molar-refractivity contribution in [2.45, 2.75) is 85.6 Å². The minimum atomic E-state index is -2.90. The first-order valence-corrected chi connectivity index (χ1v) is 19.6. The summed E-state index contributed by atoms with van der Waals surface area (Å²) >= 11 is 0. The molecular formula is C43H52O3Si. The maximum Gasteiger partial charge on any atom is 0.261 e. The molecule has 3 aromatic rings. The highest BCUT2D eigenvalue weighted by Gasteiger charge is 2.57. The van der Waals surface area contributed by atoms with Gasteiger partial charge in [0.25, 0.3) is 8.32 Å². The molecule has 0 unspecified atom stereocenters. The summed E-state index contributed by atoms with van der Waals surface area (Å²) in [7, 11) is -2.90. The van der Waals surface area contributed by atoms with Crippen molar-refractivity contribution in [1.82, 2.24) is 0 Å². The highest BCUT2D eigenvalue weighted by molar-refractivity contribution is 6.99. The summed E-state index contributed by atoms with van der Waals surface area (Å²) in [6.45, 7) is 16.3. The first kappa shape index (κ1) is 33.6. The van der Waals surface area contributed by atoms with Crippen LogP contribution in [-0.2, 0) is 9.22 Å². The average Bonchev–Trinajstić information content (AvgIpc) is 3.37. The fourth-order valence-electron chi connectivity index (χ4n) is 9.27. The van der Waals surface area contributed by atoms with Crippen LogP contribution in [-0.4, -0.2) is 26.5 Å². The van der Waals surface area contributed by atoms with Gasteiger partial charge in [0.15, 0.2) is 11.6 Å². The molecular weight excluding hydrogens is 593 g/mol. The Kier molecular flexibility index (Phi) is 8.99. The van der Waals surface area contributed by atoms with E-state index in [1.165, 1.54) is 21.5 Å². The Balaban J connectivity index is 1.49. The van der Waals surface area contributed by atoms with Crippen LogP contribution in [0.5, 0.6) is 0 Å². The molecule has 1 saturated carbocycles. The third kappa shape index (κ3) is 5.76. The van der Waals surface area contributed by atoms with E-state index in [4.69, 9.17) is 4.43 Å². The number of carbonyl (C=O) groups excluding carboxylic acids is 2. The number of carbonyl (C=O) groups is 2. The molecule has 0 amide bonds. The molecule has 1 fully saturated rings. The van der Waals surface area contributed by atoms with E-state index in [1.807, 2.05) is 36.4 Å². The van der Waals surface area contributed by atoms with Crippen LogP contribution in [0.25, 0.3) is 0 Å². The van der Waals surface area contributed by atoms with Crippen LogP contribution in [0.3, 0.4) is 0 Å². The van der Waals surface area contributed by atoms with Crippen LogP contribution < -0.4 is 10.4 Å². The SMILES string of the molecule is CC(C)C1=C2[C@H]3C[C@@H](C(=O)c4ccccc4)C(CO[Si](c4ccccc4)(c4ccccc4)C(C)(C)C)=CC(=O)[C@]3(C)CC[C@@]2(C)CC1. The lowest BCUT2D eigenvalue weighted by Crippen LogP contribution is -2.66. The van der Waals surface area contributed by atoms with E-state index in [-0.39, 0.29) is 34.5 Å². The zero-order chi connectivity index (χ0) is 33.6. The molecule has 3 aliphatic carbocycles. The fourth-order valence-corrected chi connectivity index (χ4v) is 13.8. The van der Waals surface area contributed by atoms with Crippen molar-refractivity contribution < 1.29 is 14.0 Å². The van der Waals surface area contributed by atoms with Gasteiger partial charge in [-0.2, -0.15) is 0 Å². The Morgan fingerprint density at radius 2 is 1.40 bits per heavy atom. The molecule has 47 heavy (non-hydrogen) atoms. The van der Waals surface area contributed by atoms with Gasteiger partial charge in [-0.05, 0) is 76.4 Å². The molecule has 0 aliphatic heterocycles. The molecule has 0 N–H and O–H groups in total. The van der Waals surface area contributed by atoms with Crippen LogP contribution in [0, 0.1) is 28.6 Å². The lowest BCUT2D eigenvalue weighted by Gasteiger charge is -2.49. The Labute approximate surface area is 283 Å². The molecule has 4 heteroatoms.